The van der Waals surface area contributed by atoms with Crippen LogP contribution in [0, 0.1) is 19.5 Å². The molecule has 0 aliphatic rings. The lowest BCUT2D eigenvalue weighted by molar-refractivity contribution is -0.121. The van der Waals surface area contributed by atoms with Crippen molar-refractivity contribution in [1.82, 2.24) is 9.99 Å². The van der Waals surface area contributed by atoms with Crippen molar-refractivity contribution < 1.29 is 9.53 Å². The molecule has 0 aliphatic heterocycles. The van der Waals surface area contributed by atoms with Gasteiger partial charge in [-0.25, -0.2) is 5.43 Å². The van der Waals surface area contributed by atoms with E-state index >= 15 is 0 Å². The highest BCUT2D eigenvalue weighted by Gasteiger charge is 2.13. The number of nitrogens with zero attached hydrogens (tertiary/aromatic N) is 2. The molecule has 0 unspecified atom stereocenters. The lowest BCUT2D eigenvalue weighted by atomic mass is 10.1. The molecule has 0 spiro atoms. The molecule has 1 heterocycles. The summed E-state index contributed by atoms with van der Waals surface area (Å²) in [6, 6.07) is 18.4. The fraction of sp³-hybridized carbons (Fsp3) is 0.0800. The Labute approximate surface area is 217 Å². The smallest absolute Gasteiger partial charge is 0.260 e. The van der Waals surface area contributed by atoms with Gasteiger partial charge in [0.2, 0.25) is 0 Å². The molecular formula is C25H17I2N3O3. The molecule has 0 saturated carbocycles. The number of ether oxygens (including phenoxy) is 1. The van der Waals surface area contributed by atoms with Crippen LogP contribution >= 0.6 is 45.2 Å². The standard InChI is InChI=1S/C25H17I2N3O3/c1-2-11-33-25-16(12-17(26)13-20(25)27)14-28-29-23(31)15-30-21-9-5-3-7-18(21)24(32)19-8-4-6-10-22(19)30/h1,3-10,12-14H,11,15H2,(H,29,31)/b28-14-. The number of hydrogen-bond donors (Lipinski definition) is 1. The number of nitrogens with one attached hydrogen (secondary N) is 1. The third-order valence-corrected chi connectivity index (χ3v) is 6.33. The fourth-order valence-electron chi connectivity index (χ4n) is 3.54. The van der Waals surface area contributed by atoms with Crippen molar-refractivity contribution in [3.05, 3.63) is 83.6 Å². The predicted molar refractivity (Wildman–Crippen MR) is 148 cm³/mol. The highest BCUT2D eigenvalue weighted by Crippen LogP contribution is 2.27. The van der Waals surface area contributed by atoms with Gasteiger partial charge in [0.05, 0.1) is 20.8 Å². The van der Waals surface area contributed by atoms with Gasteiger partial charge in [-0.05, 0) is 81.6 Å². The number of aromatic nitrogens is 1. The first-order valence-electron chi connectivity index (χ1n) is 9.87. The number of pyridine rings is 1. The molecule has 4 rings (SSSR count). The minimum atomic E-state index is -0.323. The summed E-state index contributed by atoms with van der Waals surface area (Å²) in [7, 11) is 0. The third-order valence-electron chi connectivity index (χ3n) is 4.91. The van der Waals surface area contributed by atoms with Crippen LogP contribution < -0.4 is 15.6 Å². The maximum atomic E-state index is 12.9. The first-order valence-corrected chi connectivity index (χ1v) is 12.0. The molecule has 1 amide bonds. The quantitative estimate of drug-likeness (QED) is 0.109. The summed E-state index contributed by atoms with van der Waals surface area (Å²) in [6.45, 7) is 0.138. The number of amides is 1. The number of terminal acetylenes is 1. The number of hydrazone groups is 1. The van der Waals surface area contributed by atoms with Gasteiger partial charge >= 0.3 is 0 Å². The minimum Gasteiger partial charge on any atom is -0.479 e. The van der Waals surface area contributed by atoms with E-state index in [2.05, 4.69) is 61.6 Å². The van der Waals surface area contributed by atoms with Crippen molar-refractivity contribution >= 4 is 79.1 Å². The van der Waals surface area contributed by atoms with E-state index in [-0.39, 0.29) is 24.5 Å². The van der Waals surface area contributed by atoms with Crippen LogP contribution in [-0.2, 0) is 11.3 Å². The van der Waals surface area contributed by atoms with Gasteiger partial charge < -0.3 is 9.30 Å². The third kappa shape index (κ3) is 5.04. The number of para-hydroxylation sites is 2. The Balaban J connectivity index is 1.62. The zero-order chi connectivity index (χ0) is 23.4. The molecule has 0 bridgehead atoms. The van der Waals surface area contributed by atoms with Gasteiger partial charge in [-0.15, -0.1) is 6.42 Å². The summed E-state index contributed by atoms with van der Waals surface area (Å²) in [4.78, 5) is 25.6. The Morgan fingerprint density at radius 2 is 1.73 bits per heavy atom. The Morgan fingerprint density at radius 1 is 1.09 bits per heavy atom. The van der Waals surface area contributed by atoms with Crippen molar-refractivity contribution in [3.63, 3.8) is 0 Å². The van der Waals surface area contributed by atoms with Crippen LogP contribution in [-0.4, -0.2) is 23.3 Å². The lowest BCUT2D eigenvalue weighted by Gasteiger charge is -2.14. The summed E-state index contributed by atoms with van der Waals surface area (Å²) in [5.74, 6) is 2.75. The Bertz CT molecular complexity index is 1440. The number of benzene rings is 3. The van der Waals surface area contributed by atoms with Crippen LogP contribution in [0.1, 0.15) is 5.56 Å². The second-order valence-electron chi connectivity index (χ2n) is 7.04. The Morgan fingerprint density at radius 3 is 2.36 bits per heavy atom. The second-order valence-corrected chi connectivity index (χ2v) is 9.45. The second kappa shape index (κ2) is 10.4. The molecule has 33 heavy (non-hydrogen) atoms. The van der Waals surface area contributed by atoms with E-state index in [0.717, 1.165) is 7.14 Å². The molecule has 0 aliphatic carbocycles. The maximum absolute atomic E-state index is 12.9. The molecule has 3 aromatic carbocycles. The average Bonchev–Trinajstić information content (AvgIpc) is 2.81. The molecule has 0 saturated heterocycles. The molecule has 0 radical (unpaired) electrons. The van der Waals surface area contributed by atoms with E-state index in [0.29, 0.717) is 33.1 Å². The van der Waals surface area contributed by atoms with Gasteiger partial charge in [-0.3, -0.25) is 9.59 Å². The predicted octanol–water partition coefficient (Wildman–Crippen LogP) is 4.53. The first-order chi connectivity index (χ1) is 16.0. The largest absolute Gasteiger partial charge is 0.479 e. The van der Waals surface area contributed by atoms with Crippen LogP contribution in [0.15, 0.2) is 70.6 Å². The monoisotopic (exact) mass is 661 g/mol. The van der Waals surface area contributed by atoms with Gasteiger partial charge in [-0.1, -0.05) is 30.2 Å². The zero-order valence-corrected chi connectivity index (χ0v) is 21.5. The Hall–Kier alpha value is -2.91. The topological polar surface area (TPSA) is 72.7 Å². The number of carbonyl (C=O) groups is 1. The molecule has 0 atom stereocenters. The average molecular weight is 661 g/mol. The van der Waals surface area contributed by atoms with E-state index < -0.39 is 0 Å². The summed E-state index contributed by atoms with van der Waals surface area (Å²) < 4.78 is 9.38. The Kier molecular flexibility index (Phi) is 7.29. The van der Waals surface area contributed by atoms with Gasteiger partial charge in [0.1, 0.15) is 18.9 Å². The van der Waals surface area contributed by atoms with E-state index in [1.807, 2.05) is 53.1 Å². The molecule has 0 fully saturated rings. The van der Waals surface area contributed by atoms with Crippen LogP contribution in [0.2, 0.25) is 0 Å². The van der Waals surface area contributed by atoms with Crippen molar-refractivity contribution in [2.45, 2.75) is 6.54 Å². The van der Waals surface area contributed by atoms with Gasteiger partial charge in [-0.2, -0.15) is 5.10 Å². The van der Waals surface area contributed by atoms with E-state index in [4.69, 9.17) is 11.2 Å². The molecule has 1 N–H and O–H groups in total. The molecule has 8 heteroatoms. The normalized spacial score (nSPS) is 11.1. The van der Waals surface area contributed by atoms with Crippen LogP contribution in [0.4, 0.5) is 0 Å². The first kappa shape index (κ1) is 23.3. The summed E-state index contributed by atoms with van der Waals surface area (Å²) in [6.07, 6.45) is 6.85. The highest BCUT2D eigenvalue weighted by atomic mass is 127. The molecule has 6 nitrogen and oxygen atoms in total. The number of halogens is 2. The van der Waals surface area contributed by atoms with Crippen molar-refractivity contribution in [3.8, 4) is 18.1 Å². The maximum Gasteiger partial charge on any atom is 0.260 e. The van der Waals surface area contributed by atoms with Gasteiger partial charge in [0.15, 0.2) is 5.43 Å². The molecule has 4 aromatic rings. The molecule has 164 valence electrons. The molecule has 1 aromatic heterocycles. The van der Waals surface area contributed by atoms with Crippen LogP contribution in [0.3, 0.4) is 0 Å². The van der Waals surface area contributed by atoms with E-state index in [9.17, 15) is 9.59 Å². The molecular weight excluding hydrogens is 644 g/mol. The number of carbonyl (C=O) groups excluding carboxylic acids is 1. The van der Waals surface area contributed by atoms with E-state index in [1.54, 1.807) is 12.1 Å². The SMILES string of the molecule is C#CCOc1c(I)cc(I)cc1/C=N\NC(=O)Cn1c2ccccc2c(=O)c2ccccc21. The fourth-order valence-corrected chi connectivity index (χ4v) is 5.59. The lowest BCUT2D eigenvalue weighted by Crippen LogP contribution is -2.25. The van der Waals surface area contributed by atoms with Crippen molar-refractivity contribution in [2.75, 3.05) is 6.61 Å². The summed E-state index contributed by atoms with van der Waals surface area (Å²) in [5.41, 5.74) is 4.62. The number of fused-ring (bicyclic) bond motifs is 2. The summed E-state index contributed by atoms with van der Waals surface area (Å²) in [5, 5.41) is 5.26. The van der Waals surface area contributed by atoms with Gasteiger partial charge in [0.25, 0.3) is 5.91 Å². The van der Waals surface area contributed by atoms with Crippen LogP contribution in [0.5, 0.6) is 5.75 Å². The number of rotatable bonds is 6. The van der Waals surface area contributed by atoms with Crippen molar-refractivity contribution in [2.24, 2.45) is 5.10 Å². The van der Waals surface area contributed by atoms with Gasteiger partial charge in [0, 0.05) is 19.9 Å². The van der Waals surface area contributed by atoms with Crippen LogP contribution in [0.25, 0.3) is 21.8 Å². The van der Waals surface area contributed by atoms with Crippen molar-refractivity contribution in [1.29, 1.82) is 0 Å². The zero-order valence-electron chi connectivity index (χ0n) is 17.2. The minimum absolute atomic E-state index is 0.00293. The number of hydrogen-bond acceptors (Lipinski definition) is 4. The van der Waals surface area contributed by atoms with E-state index in [1.165, 1.54) is 6.21 Å². The highest BCUT2D eigenvalue weighted by molar-refractivity contribution is 14.1. The summed E-state index contributed by atoms with van der Waals surface area (Å²) >= 11 is 4.38.